The summed E-state index contributed by atoms with van der Waals surface area (Å²) in [4.78, 5) is 11.4. The number of benzene rings is 2. The Bertz CT molecular complexity index is 668. The van der Waals surface area contributed by atoms with Gasteiger partial charge in [0.1, 0.15) is 0 Å². The Morgan fingerprint density at radius 1 is 1.15 bits per heavy atom. The van der Waals surface area contributed by atoms with Crippen molar-refractivity contribution in [3.8, 4) is 0 Å². The third-order valence-electron chi connectivity index (χ3n) is 3.29. The lowest BCUT2D eigenvalue weighted by Gasteiger charge is -2.19. The molecule has 0 atom stereocenters. The highest BCUT2D eigenvalue weighted by molar-refractivity contribution is 6.30. The largest absolute Gasteiger partial charge is 0.397 e. The molecular weight excluding hydrogens is 274 g/mol. The third-order valence-corrected chi connectivity index (χ3v) is 3.55. The Labute approximate surface area is 121 Å². The molecule has 0 saturated heterocycles. The van der Waals surface area contributed by atoms with Crippen LogP contribution in [0.4, 0.5) is 22.7 Å². The first kappa shape index (κ1) is 12.8. The van der Waals surface area contributed by atoms with Gasteiger partial charge in [0.25, 0.3) is 0 Å². The van der Waals surface area contributed by atoms with E-state index in [1.165, 1.54) is 0 Å². The minimum absolute atomic E-state index is 0.0414. The zero-order valence-electron chi connectivity index (χ0n) is 10.7. The van der Waals surface area contributed by atoms with Gasteiger partial charge < -0.3 is 16.4 Å². The van der Waals surface area contributed by atoms with E-state index in [4.69, 9.17) is 17.3 Å². The molecule has 1 amide bonds. The van der Waals surface area contributed by atoms with Gasteiger partial charge in [-0.15, -0.1) is 0 Å². The Balaban J connectivity index is 1.91. The number of fused-ring (bicyclic) bond motifs is 1. The van der Waals surface area contributed by atoms with Crippen molar-refractivity contribution in [3.63, 3.8) is 0 Å². The minimum Gasteiger partial charge on any atom is -0.397 e. The van der Waals surface area contributed by atoms with Gasteiger partial charge in [-0.2, -0.15) is 0 Å². The topological polar surface area (TPSA) is 67.2 Å². The maximum Gasteiger partial charge on any atom is 0.224 e. The minimum atomic E-state index is 0.0414. The second kappa shape index (κ2) is 5.06. The van der Waals surface area contributed by atoms with E-state index in [-0.39, 0.29) is 5.91 Å². The van der Waals surface area contributed by atoms with Crippen molar-refractivity contribution in [3.05, 3.63) is 47.0 Å². The number of aryl methyl sites for hydroxylation is 1. The zero-order valence-corrected chi connectivity index (χ0v) is 11.5. The van der Waals surface area contributed by atoms with Gasteiger partial charge in [-0.1, -0.05) is 11.6 Å². The van der Waals surface area contributed by atoms with E-state index in [0.29, 0.717) is 17.1 Å². The number of nitrogen functional groups attached to an aromatic ring is 1. The molecule has 0 aliphatic carbocycles. The second-order valence-corrected chi connectivity index (χ2v) is 5.21. The molecule has 1 aliphatic heterocycles. The number of anilines is 4. The summed E-state index contributed by atoms with van der Waals surface area (Å²) in [6.45, 7) is 0. The first-order chi connectivity index (χ1) is 9.61. The summed E-state index contributed by atoms with van der Waals surface area (Å²) in [6.07, 6.45) is 1.24. The lowest BCUT2D eigenvalue weighted by molar-refractivity contribution is -0.116. The van der Waals surface area contributed by atoms with Crippen LogP contribution >= 0.6 is 11.6 Å². The molecule has 20 heavy (non-hydrogen) atoms. The number of nitrogens with two attached hydrogens (primary N) is 1. The fourth-order valence-electron chi connectivity index (χ4n) is 2.24. The number of halogens is 1. The van der Waals surface area contributed by atoms with Crippen LogP contribution in [0, 0.1) is 0 Å². The normalized spacial score (nSPS) is 13.6. The molecule has 0 radical (unpaired) electrons. The summed E-state index contributed by atoms with van der Waals surface area (Å²) in [6, 6.07) is 11.1. The number of nitrogens with one attached hydrogen (secondary N) is 2. The van der Waals surface area contributed by atoms with Crippen molar-refractivity contribution < 1.29 is 4.79 Å². The van der Waals surface area contributed by atoms with E-state index in [9.17, 15) is 4.79 Å². The fraction of sp³-hybridized carbons (Fsp3) is 0.133. The molecule has 0 unspecified atom stereocenters. The van der Waals surface area contributed by atoms with Gasteiger partial charge in [0.2, 0.25) is 5.91 Å². The lowest BCUT2D eigenvalue weighted by Crippen LogP contribution is -2.19. The van der Waals surface area contributed by atoms with Gasteiger partial charge in [-0.3, -0.25) is 4.79 Å². The van der Waals surface area contributed by atoms with E-state index < -0.39 is 0 Å². The van der Waals surface area contributed by atoms with Crippen molar-refractivity contribution in [2.75, 3.05) is 16.4 Å². The molecule has 1 heterocycles. The molecule has 102 valence electrons. The average molecular weight is 288 g/mol. The molecule has 0 aromatic heterocycles. The maximum absolute atomic E-state index is 11.4. The average Bonchev–Trinajstić information content (AvgIpc) is 2.42. The molecule has 0 fully saturated rings. The van der Waals surface area contributed by atoms with Crippen molar-refractivity contribution in [2.24, 2.45) is 0 Å². The first-order valence-electron chi connectivity index (χ1n) is 6.36. The van der Waals surface area contributed by atoms with Crippen molar-refractivity contribution in [1.82, 2.24) is 0 Å². The van der Waals surface area contributed by atoms with Crippen LogP contribution in [-0.2, 0) is 11.2 Å². The standard InChI is InChI=1S/C15H14ClN3O/c16-10-2-4-11(5-3-10)18-14-8-13-9(7-12(14)17)1-6-15(20)19-13/h2-5,7-8,18H,1,6,17H2,(H,19,20). The zero-order chi connectivity index (χ0) is 14.1. The molecule has 4 N–H and O–H groups in total. The van der Waals surface area contributed by atoms with E-state index >= 15 is 0 Å². The Hall–Kier alpha value is -2.20. The van der Waals surface area contributed by atoms with Crippen LogP contribution in [0.5, 0.6) is 0 Å². The Kier molecular flexibility index (Phi) is 3.24. The molecule has 2 aromatic carbocycles. The van der Waals surface area contributed by atoms with Crippen molar-refractivity contribution >= 4 is 40.3 Å². The molecular formula is C15H14ClN3O. The van der Waals surface area contributed by atoms with Crippen LogP contribution in [0.15, 0.2) is 36.4 Å². The quantitative estimate of drug-likeness (QED) is 0.740. The van der Waals surface area contributed by atoms with Crippen LogP contribution in [0.3, 0.4) is 0 Å². The second-order valence-electron chi connectivity index (χ2n) is 4.78. The molecule has 0 spiro atoms. The SMILES string of the molecule is Nc1cc2c(cc1Nc1ccc(Cl)cc1)NC(=O)CC2. The summed E-state index contributed by atoms with van der Waals surface area (Å²) < 4.78 is 0. The van der Waals surface area contributed by atoms with E-state index in [1.54, 1.807) is 12.1 Å². The van der Waals surface area contributed by atoms with Gasteiger partial charge in [0.15, 0.2) is 0 Å². The highest BCUT2D eigenvalue weighted by Gasteiger charge is 2.16. The summed E-state index contributed by atoms with van der Waals surface area (Å²) in [5, 5.41) is 6.78. The smallest absolute Gasteiger partial charge is 0.224 e. The van der Waals surface area contributed by atoms with Crippen LogP contribution in [0.25, 0.3) is 0 Å². The maximum atomic E-state index is 11.4. The number of hydrogen-bond acceptors (Lipinski definition) is 3. The van der Waals surface area contributed by atoms with E-state index in [1.807, 2.05) is 24.3 Å². The summed E-state index contributed by atoms with van der Waals surface area (Å²) in [7, 11) is 0. The molecule has 4 nitrogen and oxygen atoms in total. The molecule has 1 aliphatic rings. The molecule has 2 aromatic rings. The van der Waals surface area contributed by atoms with Crippen LogP contribution < -0.4 is 16.4 Å². The Morgan fingerprint density at radius 2 is 1.90 bits per heavy atom. The Morgan fingerprint density at radius 3 is 2.65 bits per heavy atom. The number of rotatable bonds is 2. The molecule has 0 saturated carbocycles. The monoisotopic (exact) mass is 287 g/mol. The van der Waals surface area contributed by atoms with Gasteiger partial charge in [0, 0.05) is 22.8 Å². The van der Waals surface area contributed by atoms with Crippen LogP contribution in [-0.4, -0.2) is 5.91 Å². The summed E-state index contributed by atoms with van der Waals surface area (Å²) in [5.41, 5.74) is 10.3. The summed E-state index contributed by atoms with van der Waals surface area (Å²) in [5.74, 6) is 0.0414. The molecule has 0 bridgehead atoms. The van der Waals surface area contributed by atoms with E-state index in [2.05, 4.69) is 10.6 Å². The van der Waals surface area contributed by atoms with Gasteiger partial charge in [-0.25, -0.2) is 0 Å². The van der Waals surface area contributed by atoms with Crippen LogP contribution in [0.1, 0.15) is 12.0 Å². The van der Waals surface area contributed by atoms with Gasteiger partial charge in [-0.05, 0) is 48.4 Å². The molecule has 5 heteroatoms. The third kappa shape index (κ3) is 2.56. The fourth-order valence-corrected chi connectivity index (χ4v) is 2.37. The number of carbonyl (C=O) groups is 1. The first-order valence-corrected chi connectivity index (χ1v) is 6.74. The van der Waals surface area contributed by atoms with Crippen molar-refractivity contribution in [1.29, 1.82) is 0 Å². The summed E-state index contributed by atoms with van der Waals surface area (Å²) >= 11 is 5.86. The number of carbonyl (C=O) groups excluding carboxylic acids is 1. The van der Waals surface area contributed by atoms with Crippen molar-refractivity contribution in [2.45, 2.75) is 12.8 Å². The number of amides is 1. The highest BCUT2D eigenvalue weighted by atomic mass is 35.5. The predicted molar refractivity (Wildman–Crippen MR) is 82.5 cm³/mol. The van der Waals surface area contributed by atoms with Gasteiger partial charge in [0.05, 0.1) is 11.4 Å². The lowest BCUT2D eigenvalue weighted by atomic mass is 10.0. The predicted octanol–water partition coefficient (Wildman–Crippen LogP) is 3.55. The molecule has 3 rings (SSSR count). The van der Waals surface area contributed by atoms with Crippen LogP contribution in [0.2, 0.25) is 5.02 Å². The van der Waals surface area contributed by atoms with E-state index in [0.717, 1.165) is 29.0 Å². The van der Waals surface area contributed by atoms with Gasteiger partial charge >= 0.3 is 0 Å². The number of hydrogen-bond donors (Lipinski definition) is 3. The highest BCUT2D eigenvalue weighted by Crippen LogP contribution is 2.32.